The van der Waals surface area contributed by atoms with Crippen molar-refractivity contribution in [2.45, 2.75) is 45.4 Å². The molecule has 30 heavy (non-hydrogen) atoms. The summed E-state index contributed by atoms with van der Waals surface area (Å²) in [5, 5.41) is 3.04. The van der Waals surface area contributed by atoms with Crippen LogP contribution in [-0.2, 0) is 14.8 Å². The van der Waals surface area contributed by atoms with Gasteiger partial charge in [0.05, 0.1) is 4.90 Å². The molecule has 0 aromatic heterocycles. The number of carbonyl (C=O) groups is 2. The first kappa shape index (κ1) is 22.2. The largest absolute Gasteiger partial charge is 0.325 e. The second-order valence-corrected chi connectivity index (χ2v) is 9.96. The normalized spacial score (nSPS) is 15.7. The second-order valence-electron chi connectivity index (χ2n) is 8.03. The quantitative estimate of drug-likeness (QED) is 0.733. The fraction of sp³-hybridized carbons (Fsp3) is 0.391. The molecule has 0 radical (unpaired) electrons. The number of sulfonamides is 1. The van der Waals surface area contributed by atoms with Gasteiger partial charge < -0.3 is 5.32 Å². The van der Waals surface area contributed by atoms with Crippen molar-refractivity contribution < 1.29 is 18.0 Å². The highest BCUT2D eigenvalue weighted by atomic mass is 32.2. The summed E-state index contributed by atoms with van der Waals surface area (Å²) in [6.45, 7) is 7.92. The summed E-state index contributed by atoms with van der Waals surface area (Å²) in [6.07, 6.45) is 0.919. The van der Waals surface area contributed by atoms with Crippen LogP contribution in [0.2, 0.25) is 0 Å². The zero-order valence-electron chi connectivity index (χ0n) is 17.9. The number of benzene rings is 2. The predicted octanol–water partition coefficient (Wildman–Crippen LogP) is 3.85. The van der Waals surface area contributed by atoms with Crippen molar-refractivity contribution >= 4 is 27.4 Å². The van der Waals surface area contributed by atoms with E-state index in [-0.39, 0.29) is 35.6 Å². The maximum atomic E-state index is 13.0. The van der Waals surface area contributed by atoms with Gasteiger partial charge in [-0.1, -0.05) is 29.8 Å². The van der Waals surface area contributed by atoms with E-state index in [1.807, 2.05) is 32.9 Å². The van der Waals surface area contributed by atoms with Crippen molar-refractivity contribution in [3.63, 3.8) is 0 Å². The third-order valence-corrected chi connectivity index (χ3v) is 7.52. The Morgan fingerprint density at radius 3 is 2.17 bits per heavy atom. The van der Waals surface area contributed by atoms with Crippen LogP contribution in [0.5, 0.6) is 0 Å². The lowest BCUT2D eigenvalue weighted by atomic mass is 9.96. The molecule has 0 spiro atoms. The molecule has 1 aliphatic heterocycles. The van der Waals surface area contributed by atoms with Crippen molar-refractivity contribution in [2.24, 2.45) is 5.92 Å². The first-order chi connectivity index (χ1) is 14.1. The number of amides is 1. The smallest absolute Gasteiger partial charge is 0.243 e. The fourth-order valence-electron chi connectivity index (χ4n) is 3.99. The highest BCUT2D eigenvalue weighted by molar-refractivity contribution is 7.89. The molecule has 0 atom stereocenters. The van der Waals surface area contributed by atoms with E-state index in [0.29, 0.717) is 18.4 Å². The standard InChI is InChI=1S/C23H28N2O4S/c1-15-12-16(2)22(17(3)13-15)24-23(27)19-8-10-25(11-9-19)30(28,29)21-7-5-6-20(14-21)18(4)26/h5-7,12-14,19H,8-11H2,1-4H3,(H,24,27). The van der Waals surface area contributed by atoms with Crippen LogP contribution in [0.15, 0.2) is 41.3 Å². The monoisotopic (exact) mass is 428 g/mol. The number of rotatable bonds is 5. The van der Waals surface area contributed by atoms with Crippen LogP contribution in [0, 0.1) is 26.7 Å². The summed E-state index contributed by atoms with van der Waals surface area (Å²) in [5.41, 5.74) is 4.39. The van der Waals surface area contributed by atoms with Crippen molar-refractivity contribution in [1.29, 1.82) is 0 Å². The third-order valence-electron chi connectivity index (χ3n) is 5.63. The van der Waals surface area contributed by atoms with Gasteiger partial charge in [0.1, 0.15) is 0 Å². The van der Waals surface area contributed by atoms with Crippen LogP contribution in [0.4, 0.5) is 5.69 Å². The van der Waals surface area contributed by atoms with Gasteiger partial charge in [-0.2, -0.15) is 4.31 Å². The highest BCUT2D eigenvalue weighted by Crippen LogP contribution is 2.27. The Morgan fingerprint density at radius 2 is 1.60 bits per heavy atom. The fourth-order valence-corrected chi connectivity index (χ4v) is 5.50. The number of nitrogens with one attached hydrogen (secondary N) is 1. The van der Waals surface area contributed by atoms with Crippen LogP contribution >= 0.6 is 0 Å². The Bertz CT molecular complexity index is 1060. The van der Waals surface area contributed by atoms with Gasteiger partial charge in [-0.05, 0) is 63.8 Å². The number of ketones is 1. The number of anilines is 1. The van der Waals surface area contributed by atoms with Crippen LogP contribution < -0.4 is 5.32 Å². The Morgan fingerprint density at radius 1 is 1.00 bits per heavy atom. The maximum absolute atomic E-state index is 13.0. The van der Waals surface area contributed by atoms with E-state index in [0.717, 1.165) is 22.4 Å². The number of carbonyl (C=O) groups excluding carboxylic acids is 2. The molecule has 7 heteroatoms. The summed E-state index contributed by atoms with van der Waals surface area (Å²) in [6, 6.07) is 10.2. The van der Waals surface area contributed by atoms with E-state index < -0.39 is 10.0 Å². The van der Waals surface area contributed by atoms with E-state index in [1.165, 1.54) is 23.4 Å². The second kappa shape index (κ2) is 8.70. The molecule has 1 amide bonds. The summed E-state index contributed by atoms with van der Waals surface area (Å²) >= 11 is 0. The zero-order chi connectivity index (χ0) is 22.1. The first-order valence-corrected chi connectivity index (χ1v) is 11.5. The molecular formula is C23H28N2O4S. The number of piperidine rings is 1. The average Bonchev–Trinajstić information content (AvgIpc) is 2.70. The van der Waals surface area contributed by atoms with E-state index in [2.05, 4.69) is 5.32 Å². The van der Waals surface area contributed by atoms with Gasteiger partial charge in [0, 0.05) is 30.3 Å². The van der Waals surface area contributed by atoms with Crippen molar-refractivity contribution in [3.8, 4) is 0 Å². The lowest BCUT2D eigenvalue weighted by molar-refractivity contribution is -0.120. The molecule has 0 unspecified atom stereocenters. The number of aryl methyl sites for hydroxylation is 3. The van der Waals surface area contributed by atoms with Gasteiger partial charge in [0.15, 0.2) is 5.78 Å². The number of hydrogen-bond acceptors (Lipinski definition) is 4. The summed E-state index contributed by atoms with van der Waals surface area (Å²) in [7, 11) is -3.69. The van der Waals surface area contributed by atoms with Gasteiger partial charge in [-0.3, -0.25) is 9.59 Å². The summed E-state index contributed by atoms with van der Waals surface area (Å²) < 4.78 is 27.3. The Hall–Kier alpha value is -2.51. The van der Waals surface area contributed by atoms with E-state index in [1.54, 1.807) is 12.1 Å². The molecule has 160 valence electrons. The van der Waals surface area contributed by atoms with Gasteiger partial charge in [0.25, 0.3) is 0 Å². The highest BCUT2D eigenvalue weighted by Gasteiger charge is 2.32. The minimum Gasteiger partial charge on any atom is -0.325 e. The Labute approximate surface area is 178 Å². The van der Waals surface area contributed by atoms with Crippen LogP contribution in [0.25, 0.3) is 0 Å². The molecule has 1 saturated heterocycles. The molecule has 1 aliphatic rings. The van der Waals surface area contributed by atoms with Crippen molar-refractivity contribution in [2.75, 3.05) is 18.4 Å². The molecule has 0 aliphatic carbocycles. The van der Waals surface area contributed by atoms with Crippen molar-refractivity contribution in [1.82, 2.24) is 4.31 Å². The molecule has 1 heterocycles. The van der Waals surface area contributed by atoms with E-state index >= 15 is 0 Å². The minimum absolute atomic E-state index is 0.0688. The van der Waals surface area contributed by atoms with Crippen LogP contribution in [0.3, 0.4) is 0 Å². The average molecular weight is 429 g/mol. The SMILES string of the molecule is CC(=O)c1cccc(S(=O)(=O)N2CCC(C(=O)Nc3c(C)cc(C)cc3C)CC2)c1. The van der Waals surface area contributed by atoms with Crippen LogP contribution in [-0.4, -0.2) is 37.5 Å². The van der Waals surface area contributed by atoms with Crippen LogP contribution in [0.1, 0.15) is 46.8 Å². The molecule has 2 aromatic carbocycles. The third kappa shape index (κ3) is 4.63. The number of nitrogens with zero attached hydrogens (tertiary/aromatic N) is 1. The zero-order valence-corrected chi connectivity index (χ0v) is 18.7. The molecular weight excluding hydrogens is 400 g/mol. The molecule has 1 fully saturated rings. The first-order valence-electron chi connectivity index (χ1n) is 10.1. The maximum Gasteiger partial charge on any atom is 0.243 e. The van der Waals surface area contributed by atoms with Gasteiger partial charge in [-0.15, -0.1) is 0 Å². The lowest BCUT2D eigenvalue weighted by Gasteiger charge is -2.31. The summed E-state index contributed by atoms with van der Waals surface area (Å²) in [5.74, 6) is -0.482. The Balaban J connectivity index is 1.68. The number of Topliss-reactive ketones (excluding diaryl/α,β-unsaturated/α-hetero) is 1. The molecule has 2 aromatic rings. The lowest BCUT2D eigenvalue weighted by Crippen LogP contribution is -2.41. The van der Waals surface area contributed by atoms with E-state index in [4.69, 9.17) is 0 Å². The van der Waals surface area contributed by atoms with Crippen molar-refractivity contribution in [3.05, 3.63) is 58.7 Å². The number of hydrogen-bond donors (Lipinski definition) is 1. The molecule has 3 rings (SSSR count). The molecule has 0 bridgehead atoms. The van der Waals surface area contributed by atoms with Gasteiger partial charge >= 0.3 is 0 Å². The van der Waals surface area contributed by atoms with Gasteiger partial charge in [0.2, 0.25) is 15.9 Å². The van der Waals surface area contributed by atoms with E-state index in [9.17, 15) is 18.0 Å². The topological polar surface area (TPSA) is 83.6 Å². The minimum atomic E-state index is -3.69. The molecule has 0 saturated carbocycles. The molecule has 6 nitrogen and oxygen atoms in total. The van der Waals surface area contributed by atoms with Gasteiger partial charge in [-0.25, -0.2) is 8.42 Å². The Kier molecular flexibility index (Phi) is 6.43. The molecule has 1 N–H and O–H groups in total. The summed E-state index contributed by atoms with van der Waals surface area (Å²) in [4.78, 5) is 24.5. The predicted molar refractivity (Wildman–Crippen MR) is 117 cm³/mol.